The molecular weight excluding hydrogens is 347 g/mol. The minimum Gasteiger partial charge on any atom is -0.495 e. The van der Waals surface area contributed by atoms with Crippen molar-refractivity contribution in [3.8, 4) is 5.75 Å². The Balaban J connectivity index is 2.04. The predicted octanol–water partition coefficient (Wildman–Crippen LogP) is 5.21. The van der Waals surface area contributed by atoms with Gasteiger partial charge in [-0.1, -0.05) is 37.0 Å². The minimum atomic E-state index is -0.0529. The molecule has 0 saturated carbocycles. The minimum absolute atomic E-state index is 0.00554. The van der Waals surface area contributed by atoms with E-state index in [9.17, 15) is 4.79 Å². The summed E-state index contributed by atoms with van der Waals surface area (Å²) in [4.78, 5) is 11.7. The van der Waals surface area contributed by atoms with Crippen LogP contribution in [0.2, 0.25) is 10.0 Å². The van der Waals surface area contributed by atoms with Crippen molar-refractivity contribution in [2.45, 2.75) is 20.4 Å². The first kappa shape index (κ1) is 18.4. The largest absolute Gasteiger partial charge is 0.495 e. The molecule has 0 unspecified atom stereocenters. The summed E-state index contributed by atoms with van der Waals surface area (Å²) in [5.74, 6) is 0.547. The molecule has 24 heavy (non-hydrogen) atoms. The third-order valence-electron chi connectivity index (χ3n) is 3.45. The highest BCUT2D eigenvalue weighted by atomic mass is 35.5. The van der Waals surface area contributed by atoms with Gasteiger partial charge in [0.2, 0.25) is 5.91 Å². The Morgan fingerprint density at radius 3 is 2.33 bits per heavy atom. The summed E-state index contributed by atoms with van der Waals surface area (Å²) in [6.45, 7) is 4.23. The van der Waals surface area contributed by atoms with Crippen LogP contribution in [0.5, 0.6) is 5.75 Å². The van der Waals surface area contributed by atoms with E-state index in [0.29, 0.717) is 22.3 Å². The lowest BCUT2D eigenvalue weighted by Gasteiger charge is -2.13. The molecule has 2 N–H and O–H groups in total. The summed E-state index contributed by atoms with van der Waals surface area (Å²) < 4.78 is 5.33. The van der Waals surface area contributed by atoms with E-state index >= 15 is 0 Å². The number of anilines is 2. The van der Waals surface area contributed by atoms with Gasteiger partial charge in [-0.05, 0) is 36.4 Å². The molecule has 6 heteroatoms. The fourth-order valence-electron chi connectivity index (χ4n) is 2.13. The summed E-state index contributed by atoms with van der Waals surface area (Å²) in [5.41, 5.74) is 2.55. The van der Waals surface area contributed by atoms with Crippen LogP contribution in [-0.4, -0.2) is 13.0 Å². The SMILES string of the molecule is COc1c(Cl)cc(Cl)cc1CNc1ccc(NC(=O)C(C)C)cc1. The number of halogens is 2. The van der Waals surface area contributed by atoms with E-state index in [2.05, 4.69) is 10.6 Å². The van der Waals surface area contributed by atoms with E-state index in [0.717, 1.165) is 16.9 Å². The van der Waals surface area contributed by atoms with Crippen LogP contribution >= 0.6 is 23.2 Å². The average molecular weight is 367 g/mol. The summed E-state index contributed by atoms with van der Waals surface area (Å²) in [5, 5.41) is 7.18. The van der Waals surface area contributed by atoms with Gasteiger partial charge in [-0.15, -0.1) is 0 Å². The second-order valence-electron chi connectivity index (χ2n) is 5.65. The van der Waals surface area contributed by atoms with Crippen molar-refractivity contribution in [1.29, 1.82) is 0 Å². The van der Waals surface area contributed by atoms with Crippen LogP contribution in [0.1, 0.15) is 19.4 Å². The first-order chi connectivity index (χ1) is 11.4. The summed E-state index contributed by atoms with van der Waals surface area (Å²) >= 11 is 12.2. The van der Waals surface area contributed by atoms with Gasteiger partial charge in [-0.3, -0.25) is 4.79 Å². The maximum Gasteiger partial charge on any atom is 0.226 e. The number of hydrogen-bond acceptors (Lipinski definition) is 3. The van der Waals surface area contributed by atoms with E-state index < -0.39 is 0 Å². The van der Waals surface area contributed by atoms with E-state index in [1.807, 2.05) is 44.2 Å². The molecule has 2 aromatic rings. The standard InChI is InChI=1S/C18H20Cl2N2O2/c1-11(2)18(23)22-15-6-4-14(5-7-15)21-10-12-8-13(19)9-16(20)17(12)24-3/h4-9,11,21H,10H2,1-3H3,(H,22,23). The second kappa shape index (κ2) is 8.27. The van der Waals surface area contributed by atoms with E-state index in [1.54, 1.807) is 13.2 Å². The number of nitrogens with one attached hydrogen (secondary N) is 2. The van der Waals surface area contributed by atoms with Crippen molar-refractivity contribution in [2.75, 3.05) is 17.7 Å². The van der Waals surface area contributed by atoms with Gasteiger partial charge < -0.3 is 15.4 Å². The van der Waals surface area contributed by atoms with Crippen LogP contribution < -0.4 is 15.4 Å². The molecule has 0 heterocycles. The van der Waals surface area contributed by atoms with Crippen LogP contribution in [0.3, 0.4) is 0 Å². The van der Waals surface area contributed by atoms with Gasteiger partial charge >= 0.3 is 0 Å². The highest BCUT2D eigenvalue weighted by Gasteiger charge is 2.10. The summed E-state index contributed by atoms with van der Waals surface area (Å²) in [6.07, 6.45) is 0. The lowest BCUT2D eigenvalue weighted by atomic mass is 10.2. The van der Waals surface area contributed by atoms with Gasteiger partial charge in [0.1, 0.15) is 5.75 Å². The Morgan fingerprint density at radius 2 is 1.75 bits per heavy atom. The maximum absolute atomic E-state index is 11.7. The summed E-state index contributed by atoms with van der Waals surface area (Å²) in [6, 6.07) is 11.0. The number of carbonyl (C=O) groups excluding carboxylic acids is 1. The Labute approximate surface area is 152 Å². The van der Waals surface area contributed by atoms with E-state index in [1.165, 1.54) is 0 Å². The normalized spacial score (nSPS) is 10.6. The highest BCUT2D eigenvalue weighted by Crippen LogP contribution is 2.32. The Kier molecular flexibility index (Phi) is 6.35. The molecule has 0 aliphatic rings. The molecule has 0 aliphatic heterocycles. The molecule has 1 amide bonds. The Hall–Kier alpha value is -1.91. The molecule has 2 aromatic carbocycles. The molecular formula is C18H20Cl2N2O2. The molecule has 4 nitrogen and oxygen atoms in total. The van der Waals surface area contributed by atoms with Crippen molar-refractivity contribution in [2.24, 2.45) is 5.92 Å². The predicted molar refractivity (Wildman–Crippen MR) is 100 cm³/mol. The number of amides is 1. The maximum atomic E-state index is 11.7. The summed E-state index contributed by atoms with van der Waals surface area (Å²) in [7, 11) is 1.57. The number of carbonyl (C=O) groups is 1. The van der Waals surface area contributed by atoms with Gasteiger partial charge in [-0.25, -0.2) is 0 Å². The molecule has 0 aliphatic carbocycles. The monoisotopic (exact) mass is 366 g/mol. The molecule has 0 saturated heterocycles. The third-order valence-corrected chi connectivity index (χ3v) is 3.95. The van der Waals surface area contributed by atoms with Gasteiger partial charge in [-0.2, -0.15) is 0 Å². The van der Waals surface area contributed by atoms with Crippen LogP contribution in [0.15, 0.2) is 36.4 Å². The molecule has 0 aromatic heterocycles. The number of hydrogen-bond donors (Lipinski definition) is 2. The Bertz CT molecular complexity index is 716. The van der Waals surface area contributed by atoms with Crippen molar-refractivity contribution in [3.63, 3.8) is 0 Å². The van der Waals surface area contributed by atoms with Gasteiger partial charge in [0.05, 0.1) is 12.1 Å². The first-order valence-corrected chi connectivity index (χ1v) is 8.33. The molecule has 0 bridgehead atoms. The topological polar surface area (TPSA) is 50.4 Å². The fourth-order valence-corrected chi connectivity index (χ4v) is 2.74. The smallest absolute Gasteiger partial charge is 0.226 e. The van der Waals surface area contributed by atoms with Gasteiger partial charge in [0, 0.05) is 34.4 Å². The van der Waals surface area contributed by atoms with Crippen molar-refractivity contribution in [1.82, 2.24) is 0 Å². The third kappa shape index (κ3) is 4.79. The Morgan fingerprint density at radius 1 is 1.12 bits per heavy atom. The average Bonchev–Trinajstić information content (AvgIpc) is 2.53. The highest BCUT2D eigenvalue weighted by molar-refractivity contribution is 6.35. The first-order valence-electron chi connectivity index (χ1n) is 7.57. The van der Waals surface area contributed by atoms with Gasteiger partial charge in [0.25, 0.3) is 0 Å². The second-order valence-corrected chi connectivity index (χ2v) is 6.50. The zero-order valence-electron chi connectivity index (χ0n) is 13.8. The lowest BCUT2D eigenvalue weighted by molar-refractivity contribution is -0.118. The van der Waals surface area contributed by atoms with E-state index in [-0.39, 0.29) is 11.8 Å². The molecule has 0 radical (unpaired) electrons. The number of ether oxygens (including phenoxy) is 1. The van der Waals surface area contributed by atoms with Crippen molar-refractivity contribution < 1.29 is 9.53 Å². The fraction of sp³-hybridized carbons (Fsp3) is 0.278. The molecule has 0 atom stereocenters. The molecule has 0 spiro atoms. The molecule has 0 fully saturated rings. The quantitative estimate of drug-likeness (QED) is 0.737. The number of rotatable bonds is 6. The van der Waals surface area contributed by atoms with E-state index in [4.69, 9.17) is 27.9 Å². The van der Waals surface area contributed by atoms with Crippen LogP contribution in [-0.2, 0) is 11.3 Å². The lowest BCUT2D eigenvalue weighted by Crippen LogP contribution is -2.17. The number of benzene rings is 2. The van der Waals surface area contributed by atoms with Crippen molar-refractivity contribution in [3.05, 3.63) is 52.0 Å². The zero-order chi connectivity index (χ0) is 17.7. The van der Waals surface area contributed by atoms with Crippen LogP contribution in [0.4, 0.5) is 11.4 Å². The van der Waals surface area contributed by atoms with Gasteiger partial charge in [0.15, 0.2) is 0 Å². The molecule has 2 rings (SSSR count). The molecule has 128 valence electrons. The number of methoxy groups -OCH3 is 1. The van der Waals surface area contributed by atoms with Crippen molar-refractivity contribution >= 4 is 40.5 Å². The van der Waals surface area contributed by atoms with Crippen LogP contribution in [0.25, 0.3) is 0 Å². The zero-order valence-corrected chi connectivity index (χ0v) is 15.3. The van der Waals surface area contributed by atoms with Crippen LogP contribution in [0, 0.1) is 5.92 Å².